The molecule has 0 radical (unpaired) electrons. The Morgan fingerprint density at radius 2 is 1.72 bits per heavy atom. The zero-order valence-corrected chi connectivity index (χ0v) is 18.0. The number of benzene rings is 2. The van der Waals surface area contributed by atoms with Crippen molar-refractivity contribution in [2.24, 2.45) is 7.05 Å². The fourth-order valence-electron chi connectivity index (χ4n) is 3.81. The molecular formula is C26H23N5O. The Kier molecular flexibility index (Phi) is 5.25. The number of hydrogen-bond donors (Lipinski definition) is 1. The number of hydrogen-bond acceptors (Lipinski definition) is 5. The third-order valence-electron chi connectivity index (χ3n) is 5.41. The summed E-state index contributed by atoms with van der Waals surface area (Å²) in [5.41, 5.74) is 7.06. The normalized spacial score (nSPS) is 10.9. The van der Waals surface area contributed by atoms with Crippen LogP contribution in [0.25, 0.3) is 33.3 Å². The van der Waals surface area contributed by atoms with Crippen LogP contribution < -0.4 is 10.1 Å². The molecule has 0 aliphatic rings. The van der Waals surface area contributed by atoms with Gasteiger partial charge in [-0.25, -0.2) is 4.98 Å². The first-order chi connectivity index (χ1) is 15.7. The van der Waals surface area contributed by atoms with Crippen LogP contribution in [-0.4, -0.2) is 26.9 Å². The lowest BCUT2D eigenvalue weighted by atomic mass is 10.0. The van der Waals surface area contributed by atoms with E-state index < -0.39 is 0 Å². The van der Waals surface area contributed by atoms with Crippen LogP contribution in [0.1, 0.15) is 5.69 Å². The van der Waals surface area contributed by atoms with Gasteiger partial charge in [0, 0.05) is 47.8 Å². The molecule has 0 spiro atoms. The maximum atomic E-state index is 5.45. The molecule has 0 saturated heterocycles. The number of anilines is 1. The summed E-state index contributed by atoms with van der Waals surface area (Å²) in [6.07, 6.45) is 5.64. The molecule has 158 valence electrons. The summed E-state index contributed by atoms with van der Waals surface area (Å²) in [5.74, 6) is 0.786. The lowest BCUT2D eigenvalue weighted by Crippen LogP contribution is -2.02. The van der Waals surface area contributed by atoms with Crippen LogP contribution in [0, 0.1) is 0 Å². The van der Waals surface area contributed by atoms with E-state index in [1.165, 1.54) is 0 Å². The van der Waals surface area contributed by atoms with Crippen LogP contribution in [0.5, 0.6) is 5.75 Å². The minimum Gasteiger partial charge on any atom is -0.494 e. The van der Waals surface area contributed by atoms with E-state index in [1.54, 1.807) is 19.5 Å². The first-order valence-corrected chi connectivity index (χ1v) is 10.4. The van der Waals surface area contributed by atoms with Gasteiger partial charge in [0.2, 0.25) is 0 Å². The SMILES string of the molecule is COc1cccc2ccc(CNc3ccc(-c4nn(C)cc4-c4ccncc4)cc3)nc12. The Bertz CT molecular complexity index is 1360. The van der Waals surface area contributed by atoms with Gasteiger partial charge in [-0.3, -0.25) is 9.67 Å². The molecule has 32 heavy (non-hydrogen) atoms. The van der Waals surface area contributed by atoms with Crippen molar-refractivity contribution in [3.8, 4) is 28.1 Å². The standard InChI is InChI=1S/C26H23N5O/c1-31-17-23(18-12-14-27-15-13-18)25(30-31)20-6-9-21(10-7-20)28-16-22-11-8-19-4-3-5-24(32-2)26(19)29-22/h3-15,17,28H,16H2,1-2H3. The van der Waals surface area contributed by atoms with Crippen LogP contribution in [-0.2, 0) is 13.6 Å². The van der Waals surface area contributed by atoms with E-state index in [2.05, 4.69) is 45.7 Å². The topological polar surface area (TPSA) is 64.9 Å². The Morgan fingerprint density at radius 3 is 2.50 bits per heavy atom. The van der Waals surface area contributed by atoms with Crippen LogP contribution >= 0.6 is 0 Å². The number of methoxy groups -OCH3 is 1. The van der Waals surface area contributed by atoms with Gasteiger partial charge in [0.1, 0.15) is 17.0 Å². The Morgan fingerprint density at radius 1 is 0.906 bits per heavy atom. The highest BCUT2D eigenvalue weighted by molar-refractivity contribution is 5.84. The molecule has 3 heterocycles. The third-order valence-corrected chi connectivity index (χ3v) is 5.41. The summed E-state index contributed by atoms with van der Waals surface area (Å²) in [7, 11) is 3.61. The van der Waals surface area contributed by atoms with Gasteiger partial charge in [0.05, 0.1) is 19.3 Å². The van der Waals surface area contributed by atoms with Gasteiger partial charge in [0.15, 0.2) is 0 Å². The van der Waals surface area contributed by atoms with E-state index in [-0.39, 0.29) is 0 Å². The lowest BCUT2D eigenvalue weighted by Gasteiger charge is -2.10. The van der Waals surface area contributed by atoms with E-state index >= 15 is 0 Å². The molecule has 1 N–H and O–H groups in total. The van der Waals surface area contributed by atoms with E-state index in [1.807, 2.05) is 54.3 Å². The van der Waals surface area contributed by atoms with Crippen molar-refractivity contribution in [3.63, 3.8) is 0 Å². The Hall–Kier alpha value is -4.19. The van der Waals surface area contributed by atoms with Crippen LogP contribution in [0.15, 0.2) is 85.3 Å². The number of nitrogens with zero attached hydrogens (tertiary/aromatic N) is 4. The van der Waals surface area contributed by atoms with E-state index in [9.17, 15) is 0 Å². The van der Waals surface area contributed by atoms with E-state index in [0.29, 0.717) is 6.54 Å². The quantitative estimate of drug-likeness (QED) is 0.402. The highest BCUT2D eigenvalue weighted by atomic mass is 16.5. The molecule has 5 aromatic rings. The molecule has 0 unspecified atom stereocenters. The molecule has 0 saturated carbocycles. The van der Waals surface area contributed by atoms with Gasteiger partial charge in [-0.1, -0.05) is 30.3 Å². The number of para-hydroxylation sites is 1. The van der Waals surface area contributed by atoms with Crippen molar-refractivity contribution >= 4 is 16.6 Å². The predicted molar refractivity (Wildman–Crippen MR) is 127 cm³/mol. The highest BCUT2D eigenvalue weighted by Gasteiger charge is 2.12. The Labute approximate surface area is 186 Å². The molecule has 0 atom stereocenters. The van der Waals surface area contributed by atoms with Crippen molar-refractivity contribution in [1.82, 2.24) is 19.7 Å². The monoisotopic (exact) mass is 421 g/mol. The fraction of sp³-hybridized carbons (Fsp3) is 0.115. The molecule has 0 aliphatic carbocycles. The maximum absolute atomic E-state index is 5.45. The Balaban J connectivity index is 1.35. The number of pyridine rings is 2. The maximum Gasteiger partial charge on any atom is 0.145 e. The summed E-state index contributed by atoms with van der Waals surface area (Å²) in [5, 5.41) is 9.20. The van der Waals surface area contributed by atoms with Crippen LogP contribution in [0.3, 0.4) is 0 Å². The highest BCUT2D eigenvalue weighted by Crippen LogP contribution is 2.31. The van der Waals surface area contributed by atoms with Gasteiger partial charge in [-0.05, 0) is 42.0 Å². The van der Waals surface area contributed by atoms with E-state index in [4.69, 9.17) is 9.72 Å². The van der Waals surface area contributed by atoms with Gasteiger partial charge in [-0.2, -0.15) is 5.10 Å². The number of ether oxygens (including phenoxy) is 1. The average molecular weight is 422 g/mol. The minimum absolute atomic E-state index is 0.624. The summed E-state index contributed by atoms with van der Waals surface area (Å²) in [6.45, 7) is 0.624. The average Bonchev–Trinajstić information content (AvgIpc) is 3.24. The summed E-state index contributed by atoms with van der Waals surface area (Å²) in [6, 6.07) is 22.4. The number of fused-ring (bicyclic) bond motifs is 1. The largest absolute Gasteiger partial charge is 0.494 e. The van der Waals surface area contributed by atoms with Crippen molar-refractivity contribution in [3.05, 3.63) is 91.0 Å². The first-order valence-electron chi connectivity index (χ1n) is 10.4. The van der Waals surface area contributed by atoms with Crippen LogP contribution in [0.4, 0.5) is 5.69 Å². The molecule has 0 aliphatic heterocycles. The second-order valence-corrected chi connectivity index (χ2v) is 7.57. The second kappa shape index (κ2) is 8.51. The lowest BCUT2D eigenvalue weighted by molar-refractivity contribution is 0.419. The molecule has 6 heteroatoms. The number of aromatic nitrogens is 4. The molecule has 0 amide bonds. The van der Waals surface area contributed by atoms with Gasteiger partial charge < -0.3 is 10.1 Å². The molecule has 0 fully saturated rings. The molecular weight excluding hydrogens is 398 g/mol. The minimum atomic E-state index is 0.624. The van der Waals surface area contributed by atoms with Gasteiger partial charge in [0.25, 0.3) is 0 Å². The zero-order chi connectivity index (χ0) is 21.9. The van der Waals surface area contributed by atoms with E-state index in [0.717, 1.165) is 50.4 Å². The van der Waals surface area contributed by atoms with Crippen molar-refractivity contribution in [2.75, 3.05) is 12.4 Å². The zero-order valence-electron chi connectivity index (χ0n) is 18.0. The number of nitrogens with one attached hydrogen (secondary N) is 1. The van der Waals surface area contributed by atoms with Crippen molar-refractivity contribution in [1.29, 1.82) is 0 Å². The van der Waals surface area contributed by atoms with Crippen LogP contribution in [0.2, 0.25) is 0 Å². The number of rotatable bonds is 6. The third kappa shape index (κ3) is 3.90. The molecule has 0 bridgehead atoms. The van der Waals surface area contributed by atoms with Gasteiger partial charge in [-0.15, -0.1) is 0 Å². The van der Waals surface area contributed by atoms with Crippen molar-refractivity contribution in [2.45, 2.75) is 6.54 Å². The number of aryl methyl sites for hydroxylation is 1. The predicted octanol–water partition coefficient (Wildman–Crippen LogP) is 5.32. The summed E-state index contributed by atoms with van der Waals surface area (Å²) in [4.78, 5) is 8.88. The second-order valence-electron chi connectivity index (χ2n) is 7.57. The molecule has 5 rings (SSSR count). The summed E-state index contributed by atoms with van der Waals surface area (Å²) >= 11 is 0. The first kappa shape index (κ1) is 19.8. The molecule has 3 aromatic heterocycles. The summed E-state index contributed by atoms with van der Waals surface area (Å²) < 4.78 is 7.29. The molecule has 6 nitrogen and oxygen atoms in total. The smallest absolute Gasteiger partial charge is 0.145 e. The fourth-order valence-corrected chi connectivity index (χ4v) is 3.81. The van der Waals surface area contributed by atoms with Crippen molar-refractivity contribution < 1.29 is 4.74 Å². The molecule has 2 aromatic carbocycles. The van der Waals surface area contributed by atoms with Gasteiger partial charge >= 0.3 is 0 Å².